The van der Waals surface area contributed by atoms with Crippen LogP contribution < -0.4 is 10.2 Å². The SMILES string of the molecule is CCC(Cc1ccccc1)Nc1cccc(N(C)C)c1. The number of hydrogen-bond donors (Lipinski definition) is 1. The van der Waals surface area contributed by atoms with Gasteiger partial charge in [-0.2, -0.15) is 0 Å². The summed E-state index contributed by atoms with van der Waals surface area (Å²) in [5.74, 6) is 0. The summed E-state index contributed by atoms with van der Waals surface area (Å²) in [5.41, 5.74) is 3.80. The van der Waals surface area contributed by atoms with Crippen LogP contribution in [-0.2, 0) is 6.42 Å². The predicted molar refractivity (Wildman–Crippen MR) is 88.6 cm³/mol. The molecule has 2 aromatic carbocycles. The highest BCUT2D eigenvalue weighted by Gasteiger charge is 2.07. The van der Waals surface area contributed by atoms with Gasteiger partial charge in [0.1, 0.15) is 0 Å². The quantitative estimate of drug-likeness (QED) is 0.845. The lowest BCUT2D eigenvalue weighted by molar-refractivity contribution is 0.690. The van der Waals surface area contributed by atoms with Crippen molar-refractivity contribution in [2.45, 2.75) is 25.8 Å². The first-order valence-corrected chi connectivity index (χ1v) is 7.27. The Morgan fingerprint density at radius 2 is 1.75 bits per heavy atom. The fraction of sp³-hybridized carbons (Fsp3) is 0.333. The fourth-order valence-electron chi connectivity index (χ4n) is 2.31. The molecule has 1 unspecified atom stereocenters. The van der Waals surface area contributed by atoms with Gasteiger partial charge in [-0.15, -0.1) is 0 Å². The molecule has 0 bridgehead atoms. The summed E-state index contributed by atoms with van der Waals surface area (Å²) in [7, 11) is 4.14. The summed E-state index contributed by atoms with van der Waals surface area (Å²) in [5, 5.41) is 3.65. The topological polar surface area (TPSA) is 15.3 Å². The first-order chi connectivity index (χ1) is 9.69. The Hall–Kier alpha value is -1.96. The van der Waals surface area contributed by atoms with Crippen LogP contribution in [0.3, 0.4) is 0 Å². The second kappa shape index (κ2) is 6.99. The van der Waals surface area contributed by atoms with E-state index in [0.29, 0.717) is 6.04 Å². The molecular formula is C18H24N2. The zero-order chi connectivity index (χ0) is 14.4. The van der Waals surface area contributed by atoms with E-state index in [0.717, 1.165) is 12.8 Å². The highest BCUT2D eigenvalue weighted by Crippen LogP contribution is 2.19. The molecule has 2 rings (SSSR count). The average molecular weight is 268 g/mol. The monoisotopic (exact) mass is 268 g/mol. The maximum absolute atomic E-state index is 3.65. The van der Waals surface area contributed by atoms with Crippen LogP contribution in [0.15, 0.2) is 54.6 Å². The Morgan fingerprint density at radius 3 is 2.40 bits per heavy atom. The summed E-state index contributed by atoms with van der Waals surface area (Å²) in [4.78, 5) is 2.13. The molecule has 2 heteroatoms. The van der Waals surface area contributed by atoms with Crippen molar-refractivity contribution in [3.63, 3.8) is 0 Å². The minimum absolute atomic E-state index is 0.467. The lowest BCUT2D eigenvalue weighted by Gasteiger charge is -2.20. The van der Waals surface area contributed by atoms with Gasteiger partial charge < -0.3 is 10.2 Å². The smallest absolute Gasteiger partial charge is 0.0381 e. The number of hydrogen-bond acceptors (Lipinski definition) is 2. The Kier molecular flexibility index (Phi) is 5.05. The molecule has 1 atom stereocenters. The Bertz CT molecular complexity index is 520. The molecule has 0 aliphatic carbocycles. The molecule has 0 aromatic heterocycles. The van der Waals surface area contributed by atoms with Crippen molar-refractivity contribution in [3.8, 4) is 0 Å². The highest BCUT2D eigenvalue weighted by atomic mass is 15.1. The van der Waals surface area contributed by atoms with Gasteiger partial charge in [-0.3, -0.25) is 0 Å². The molecule has 106 valence electrons. The first-order valence-electron chi connectivity index (χ1n) is 7.27. The summed E-state index contributed by atoms with van der Waals surface area (Å²) < 4.78 is 0. The summed E-state index contributed by atoms with van der Waals surface area (Å²) in [6, 6.07) is 19.7. The zero-order valence-corrected chi connectivity index (χ0v) is 12.6. The fourth-order valence-corrected chi connectivity index (χ4v) is 2.31. The lowest BCUT2D eigenvalue weighted by Crippen LogP contribution is -2.21. The van der Waals surface area contributed by atoms with Gasteiger partial charge in [-0.1, -0.05) is 43.3 Å². The van der Waals surface area contributed by atoms with Gasteiger partial charge in [0.15, 0.2) is 0 Å². The van der Waals surface area contributed by atoms with Crippen molar-refractivity contribution < 1.29 is 0 Å². The Balaban J connectivity index is 2.04. The number of anilines is 2. The van der Waals surface area contributed by atoms with Gasteiger partial charge in [-0.05, 0) is 36.6 Å². The molecule has 2 nitrogen and oxygen atoms in total. The third-order valence-corrected chi connectivity index (χ3v) is 3.55. The highest BCUT2D eigenvalue weighted by molar-refractivity contribution is 5.57. The number of benzene rings is 2. The van der Waals surface area contributed by atoms with Gasteiger partial charge in [0.25, 0.3) is 0 Å². The van der Waals surface area contributed by atoms with E-state index in [1.165, 1.54) is 16.9 Å². The summed E-state index contributed by atoms with van der Waals surface area (Å²) in [6.45, 7) is 2.23. The maximum Gasteiger partial charge on any atom is 0.0381 e. The van der Waals surface area contributed by atoms with E-state index in [1.54, 1.807) is 0 Å². The lowest BCUT2D eigenvalue weighted by atomic mass is 10.0. The predicted octanol–water partition coefficient (Wildman–Crippen LogP) is 4.19. The van der Waals surface area contributed by atoms with Crippen LogP contribution in [0.2, 0.25) is 0 Å². The molecule has 0 saturated heterocycles. The molecule has 0 fully saturated rings. The van der Waals surface area contributed by atoms with Crippen molar-refractivity contribution in [3.05, 3.63) is 60.2 Å². The van der Waals surface area contributed by atoms with Gasteiger partial charge in [0, 0.05) is 31.5 Å². The molecule has 0 radical (unpaired) electrons. The molecular weight excluding hydrogens is 244 g/mol. The second-order valence-electron chi connectivity index (χ2n) is 5.38. The molecule has 1 N–H and O–H groups in total. The van der Waals surface area contributed by atoms with Crippen molar-refractivity contribution in [1.82, 2.24) is 0 Å². The number of nitrogens with zero attached hydrogens (tertiary/aromatic N) is 1. The van der Waals surface area contributed by atoms with Gasteiger partial charge in [0.2, 0.25) is 0 Å². The van der Waals surface area contributed by atoms with E-state index < -0.39 is 0 Å². The van der Waals surface area contributed by atoms with E-state index >= 15 is 0 Å². The minimum atomic E-state index is 0.467. The van der Waals surface area contributed by atoms with Crippen molar-refractivity contribution in [1.29, 1.82) is 0 Å². The van der Waals surface area contributed by atoms with Crippen LogP contribution in [0.4, 0.5) is 11.4 Å². The minimum Gasteiger partial charge on any atom is -0.382 e. The first kappa shape index (κ1) is 14.4. The normalized spacial score (nSPS) is 11.9. The largest absolute Gasteiger partial charge is 0.382 e. The standard InChI is InChI=1S/C18H24N2/c1-4-16(13-15-9-6-5-7-10-15)19-17-11-8-12-18(14-17)20(2)3/h5-12,14,16,19H,4,13H2,1-3H3. The van der Waals surface area contributed by atoms with Crippen molar-refractivity contribution >= 4 is 11.4 Å². The Labute approximate surface area is 122 Å². The van der Waals surface area contributed by atoms with Crippen molar-refractivity contribution in [2.75, 3.05) is 24.3 Å². The van der Waals surface area contributed by atoms with E-state index in [-0.39, 0.29) is 0 Å². The van der Waals surface area contributed by atoms with Gasteiger partial charge >= 0.3 is 0 Å². The van der Waals surface area contributed by atoms with Gasteiger partial charge in [0.05, 0.1) is 0 Å². The second-order valence-corrected chi connectivity index (χ2v) is 5.38. The maximum atomic E-state index is 3.65. The molecule has 0 aliphatic heterocycles. The number of nitrogens with one attached hydrogen (secondary N) is 1. The van der Waals surface area contributed by atoms with E-state index in [4.69, 9.17) is 0 Å². The summed E-state index contributed by atoms with van der Waals surface area (Å²) >= 11 is 0. The van der Waals surface area contributed by atoms with Crippen LogP contribution in [0.25, 0.3) is 0 Å². The summed E-state index contributed by atoms with van der Waals surface area (Å²) in [6.07, 6.45) is 2.17. The number of rotatable bonds is 6. The van der Waals surface area contributed by atoms with Crippen LogP contribution >= 0.6 is 0 Å². The average Bonchev–Trinajstić information content (AvgIpc) is 2.48. The molecule has 2 aromatic rings. The zero-order valence-electron chi connectivity index (χ0n) is 12.6. The molecule has 0 aliphatic rings. The molecule has 20 heavy (non-hydrogen) atoms. The third-order valence-electron chi connectivity index (χ3n) is 3.55. The van der Waals surface area contributed by atoms with E-state index in [1.807, 2.05) is 0 Å². The third kappa shape index (κ3) is 4.02. The van der Waals surface area contributed by atoms with E-state index in [9.17, 15) is 0 Å². The Morgan fingerprint density at radius 1 is 1.00 bits per heavy atom. The van der Waals surface area contributed by atoms with E-state index in [2.05, 4.69) is 85.8 Å². The molecule has 0 spiro atoms. The van der Waals surface area contributed by atoms with Crippen LogP contribution in [0.5, 0.6) is 0 Å². The van der Waals surface area contributed by atoms with Crippen LogP contribution in [-0.4, -0.2) is 20.1 Å². The van der Waals surface area contributed by atoms with Crippen molar-refractivity contribution in [2.24, 2.45) is 0 Å². The molecule has 0 amide bonds. The molecule has 0 saturated carbocycles. The van der Waals surface area contributed by atoms with Gasteiger partial charge in [-0.25, -0.2) is 0 Å². The molecule has 0 heterocycles. The van der Waals surface area contributed by atoms with Crippen LogP contribution in [0.1, 0.15) is 18.9 Å². The van der Waals surface area contributed by atoms with Crippen LogP contribution in [0, 0.1) is 0 Å².